The van der Waals surface area contributed by atoms with Crippen molar-refractivity contribution < 1.29 is 29.0 Å². The summed E-state index contributed by atoms with van der Waals surface area (Å²) in [6.07, 6.45) is -0.914. The van der Waals surface area contributed by atoms with Crippen LogP contribution >= 0.6 is 0 Å². The van der Waals surface area contributed by atoms with Gasteiger partial charge in [-0.2, -0.15) is 0 Å². The van der Waals surface area contributed by atoms with Crippen molar-refractivity contribution in [3.63, 3.8) is 0 Å². The molecule has 0 spiro atoms. The van der Waals surface area contributed by atoms with Gasteiger partial charge in [0.25, 0.3) is 5.91 Å². The van der Waals surface area contributed by atoms with E-state index in [1.807, 2.05) is 0 Å². The molecule has 2 aliphatic rings. The Morgan fingerprint density at radius 2 is 1.86 bits per heavy atom. The Labute approximate surface area is 122 Å². The average Bonchev–Trinajstić information content (AvgIpc) is 2.85. The van der Waals surface area contributed by atoms with Crippen LogP contribution in [-0.2, 0) is 23.9 Å². The lowest BCUT2D eigenvalue weighted by Gasteiger charge is -2.39. The number of carbonyl (C=O) groups excluding carboxylic acids is 2. The molecule has 0 bridgehead atoms. The van der Waals surface area contributed by atoms with Gasteiger partial charge in [0, 0.05) is 27.2 Å². The summed E-state index contributed by atoms with van der Waals surface area (Å²) in [7, 11) is 3.30. The molecule has 0 aromatic carbocycles. The first-order valence-electron chi connectivity index (χ1n) is 6.87. The number of hydrogen-bond donors (Lipinski definition) is 1. The van der Waals surface area contributed by atoms with Crippen LogP contribution in [0, 0.1) is 0 Å². The molecule has 2 rings (SSSR count). The van der Waals surface area contributed by atoms with Gasteiger partial charge in [0.2, 0.25) is 5.91 Å². The molecule has 8 nitrogen and oxygen atoms in total. The predicted octanol–water partition coefficient (Wildman–Crippen LogP) is -1.07. The van der Waals surface area contributed by atoms with Gasteiger partial charge >= 0.3 is 5.97 Å². The van der Waals surface area contributed by atoms with Crippen LogP contribution < -0.4 is 0 Å². The molecule has 2 saturated heterocycles. The highest BCUT2D eigenvalue weighted by Gasteiger charge is 2.40. The predicted molar refractivity (Wildman–Crippen MR) is 70.5 cm³/mol. The Kier molecular flexibility index (Phi) is 4.79. The molecule has 2 atom stereocenters. The van der Waals surface area contributed by atoms with Crippen LogP contribution in [0.1, 0.15) is 12.8 Å². The number of carbonyl (C=O) groups is 3. The molecular weight excluding hydrogens is 280 g/mol. The summed E-state index contributed by atoms with van der Waals surface area (Å²) >= 11 is 0. The molecule has 0 aromatic heterocycles. The first-order valence-corrected chi connectivity index (χ1v) is 6.87. The highest BCUT2D eigenvalue weighted by Crippen LogP contribution is 2.24. The fourth-order valence-electron chi connectivity index (χ4n) is 2.25. The minimum Gasteiger partial charge on any atom is -0.479 e. The van der Waals surface area contributed by atoms with Gasteiger partial charge in [-0.1, -0.05) is 0 Å². The third kappa shape index (κ3) is 3.70. The Bertz CT molecular complexity index is 432. The van der Waals surface area contributed by atoms with Crippen molar-refractivity contribution in [2.75, 3.05) is 33.8 Å². The Balaban J connectivity index is 1.69. The summed E-state index contributed by atoms with van der Waals surface area (Å²) in [5.41, 5.74) is 0. The van der Waals surface area contributed by atoms with Crippen molar-refractivity contribution in [2.24, 2.45) is 0 Å². The van der Waals surface area contributed by atoms with Crippen LogP contribution in [0.5, 0.6) is 0 Å². The van der Waals surface area contributed by atoms with Crippen LogP contribution in [0.15, 0.2) is 0 Å². The van der Waals surface area contributed by atoms with Crippen molar-refractivity contribution >= 4 is 17.8 Å². The number of carboxylic acid groups (broad SMARTS) is 1. The number of amides is 2. The van der Waals surface area contributed by atoms with E-state index in [1.165, 1.54) is 4.90 Å². The second kappa shape index (κ2) is 6.40. The van der Waals surface area contributed by atoms with Gasteiger partial charge in [-0.05, 0) is 12.8 Å². The van der Waals surface area contributed by atoms with Gasteiger partial charge in [-0.25, -0.2) is 4.79 Å². The van der Waals surface area contributed by atoms with Gasteiger partial charge < -0.3 is 24.4 Å². The van der Waals surface area contributed by atoms with Crippen LogP contribution in [0.2, 0.25) is 0 Å². The number of nitrogens with zero attached hydrogens (tertiary/aromatic N) is 2. The van der Waals surface area contributed by atoms with Crippen molar-refractivity contribution in [2.45, 2.75) is 31.2 Å². The van der Waals surface area contributed by atoms with E-state index < -0.39 is 18.2 Å². The minimum atomic E-state index is -1.03. The van der Waals surface area contributed by atoms with E-state index in [4.69, 9.17) is 14.6 Å². The van der Waals surface area contributed by atoms with Crippen molar-refractivity contribution in [1.29, 1.82) is 0 Å². The van der Waals surface area contributed by atoms with Gasteiger partial charge in [-0.15, -0.1) is 0 Å². The highest BCUT2D eigenvalue weighted by atomic mass is 16.5. The molecule has 118 valence electrons. The average molecular weight is 300 g/mol. The van der Waals surface area contributed by atoms with Gasteiger partial charge in [0.1, 0.15) is 12.7 Å². The zero-order valence-corrected chi connectivity index (χ0v) is 12.2. The molecule has 0 radical (unpaired) electrons. The summed E-state index contributed by atoms with van der Waals surface area (Å²) in [4.78, 5) is 37.2. The number of aliphatic carboxylic acids is 1. The lowest BCUT2D eigenvalue weighted by molar-refractivity contribution is -0.162. The Morgan fingerprint density at radius 1 is 1.24 bits per heavy atom. The molecule has 21 heavy (non-hydrogen) atoms. The topological polar surface area (TPSA) is 96.4 Å². The molecule has 0 unspecified atom stereocenters. The van der Waals surface area contributed by atoms with Crippen LogP contribution in [-0.4, -0.2) is 84.8 Å². The van der Waals surface area contributed by atoms with Gasteiger partial charge in [-0.3, -0.25) is 9.59 Å². The zero-order valence-electron chi connectivity index (χ0n) is 12.2. The minimum absolute atomic E-state index is 0.000708. The standard InChI is InChI=1S/C13H20N2O6/c1-14(2)11(16)7-20-8-5-15(6-8)12(17)9-3-4-10(21-9)13(18)19/h8-10H,3-7H2,1-2H3,(H,18,19)/t9-,10+/m0/s1. The molecule has 0 aliphatic carbocycles. The van der Waals surface area contributed by atoms with E-state index in [-0.39, 0.29) is 24.5 Å². The normalized spacial score (nSPS) is 25.5. The van der Waals surface area contributed by atoms with E-state index in [0.29, 0.717) is 25.9 Å². The van der Waals surface area contributed by atoms with E-state index in [9.17, 15) is 14.4 Å². The first-order chi connectivity index (χ1) is 9.88. The maximum absolute atomic E-state index is 12.1. The fourth-order valence-corrected chi connectivity index (χ4v) is 2.25. The quantitative estimate of drug-likeness (QED) is 0.695. The Hall–Kier alpha value is -1.67. The van der Waals surface area contributed by atoms with E-state index in [2.05, 4.69) is 0 Å². The summed E-state index contributed by atoms with van der Waals surface area (Å²) < 4.78 is 10.6. The van der Waals surface area contributed by atoms with E-state index in [1.54, 1.807) is 19.0 Å². The summed E-state index contributed by atoms with van der Waals surface area (Å²) in [6.45, 7) is 0.828. The largest absolute Gasteiger partial charge is 0.479 e. The second-order valence-corrected chi connectivity index (χ2v) is 5.49. The van der Waals surface area contributed by atoms with E-state index >= 15 is 0 Å². The number of likely N-dealkylation sites (tertiary alicyclic amines) is 1. The molecule has 2 heterocycles. The van der Waals surface area contributed by atoms with Crippen LogP contribution in [0.25, 0.3) is 0 Å². The van der Waals surface area contributed by atoms with Crippen molar-refractivity contribution in [3.05, 3.63) is 0 Å². The smallest absolute Gasteiger partial charge is 0.332 e. The monoisotopic (exact) mass is 300 g/mol. The molecule has 2 fully saturated rings. The molecule has 0 aromatic rings. The van der Waals surface area contributed by atoms with E-state index in [0.717, 1.165) is 0 Å². The zero-order chi connectivity index (χ0) is 15.6. The molecule has 0 saturated carbocycles. The van der Waals surface area contributed by atoms with Crippen molar-refractivity contribution in [1.82, 2.24) is 9.80 Å². The molecule has 8 heteroatoms. The lowest BCUT2D eigenvalue weighted by Crippen LogP contribution is -2.57. The number of rotatable bonds is 5. The van der Waals surface area contributed by atoms with Crippen LogP contribution in [0.3, 0.4) is 0 Å². The Morgan fingerprint density at radius 3 is 2.38 bits per heavy atom. The summed E-state index contributed by atoms with van der Waals surface area (Å²) in [5, 5.41) is 8.83. The number of ether oxygens (including phenoxy) is 2. The second-order valence-electron chi connectivity index (χ2n) is 5.49. The maximum Gasteiger partial charge on any atom is 0.332 e. The number of hydrogen-bond acceptors (Lipinski definition) is 5. The van der Waals surface area contributed by atoms with Gasteiger partial charge in [0.05, 0.1) is 6.10 Å². The maximum atomic E-state index is 12.1. The molecular formula is C13H20N2O6. The highest BCUT2D eigenvalue weighted by molar-refractivity contribution is 5.83. The SMILES string of the molecule is CN(C)C(=O)COC1CN(C(=O)[C@@H]2CC[C@H](C(=O)O)O2)C1. The lowest BCUT2D eigenvalue weighted by atomic mass is 10.1. The molecule has 2 aliphatic heterocycles. The van der Waals surface area contributed by atoms with Gasteiger partial charge in [0.15, 0.2) is 6.10 Å². The fraction of sp³-hybridized carbons (Fsp3) is 0.769. The third-order valence-corrected chi connectivity index (χ3v) is 3.67. The first kappa shape index (κ1) is 15.7. The molecule has 1 N–H and O–H groups in total. The van der Waals surface area contributed by atoms with Crippen LogP contribution in [0.4, 0.5) is 0 Å². The van der Waals surface area contributed by atoms with Crippen molar-refractivity contribution in [3.8, 4) is 0 Å². The number of likely N-dealkylation sites (N-methyl/N-ethyl adjacent to an activating group) is 1. The summed E-state index contributed by atoms with van der Waals surface area (Å²) in [5.74, 6) is -1.35. The summed E-state index contributed by atoms with van der Waals surface area (Å²) in [6, 6.07) is 0. The molecule has 2 amide bonds. The third-order valence-electron chi connectivity index (χ3n) is 3.67. The number of carboxylic acids is 1.